The van der Waals surface area contributed by atoms with Crippen LogP contribution in [0.15, 0.2) is 43.0 Å². The molecule has 2 aromatic rings. The summed E-state index contributed by atoms with van der Waals surface area (Å²) >= 11 is 0. The Morgan fingerprint density at radius 2 is 1.86 bits per heavy atom. The molecule has 8 nitrogen and oxygen atoms in total. The lowest BCUT2D eigenvalue weighted by Crippen LogP contribution is -2.37. The van der Waals surface area contributed by atoms with Gasteiger partial charge in [-0.2, -0.15) is 0 Å². The normalized spacial score (nSPS) is 27.5. The van der Waals surface area contributed by atoms with Crippen LogP contribution >= 0.6 is 0 Å². The molecule has 29 heavy (non-hydrogen) atoms. The molecule has 150 valence electrons. The highest BCUT2D eigenvalue weighted by atomic mass is 16.5. The lowest BCUT2D eigenvalue weighted by molar-refractivity contribution is -0.142. The first-order valence-corrected chi connectivity index (χ1v) is 9.97. The van der Waals surface area contributed by atoms with E-state index in [1.807, 2.05) is 35.0 Å². The molecule has 3 amide bonds. The molecular weight excluding hydrogens is 372 g/mol. The van der Waals surface area contributed by atoms with Gasteiger partial charge in [0.25, 0.3) is 0 Å². The van der Waals surface area contributed by atoms with Crippen molar-refractivity contribution in [1.82, 2.24) is 19.8 Å². The predicted octanol–water partition coefficient (Wildman–Crippen LogP) is 1.04. The Morgan fingerprint density at radius 1 is 1.14 bits per heavy atom. The quantitative estimate of drug-likeness (QED) is 0.739. The van der Waals surface area contributed by atoms with Gasteiger partial charge in [-0.05, 0) is 24.5 Å². The standard InChI is InChI=1S/C21H22N4O4/c26-17(23-11-13-3-1-2-4-14(13)24-10-8-22-12-24)7-9-25-20(27)18-15-5-6-16(29-15)19(18)21(25)28/h1-4,8,10,12,15-16,18-19H,5-7,9,11H2,(H,23,26). The van der Waals surface area contributed by atoms with E-state index in [2.05, 4.69) is 10.3 Å². The second-order valence-corrected chi connectivity index (χ2v) is 7.80. The minimum absolute atomic E-state index is 0.0976. The summed E-state index contributed by atoms with van der Waals surface area (Å²) < 4.78 is 7.62. The third-order valence-corrected chi connectivity index (χ3v) is 6.19. The third-order valence-electron chi connectivity index (χ3n) is 6.19. The molecule has 3 aliphatic heterocycles. The van der Waals surface area contributed by atoms with Crippen LogP contribution in [0.2, 0.25) is 0 Å². The van der Waals surface area contributed by atoms with Gasteiger partial charge >= 0.3 is 0 Å². The predicted molar refractivity (Wildman–Crippen MR) is 102 cm³/mol. The summed E-state index contributed by atoms with van der Waals surface area (Å²) in [4.78, 5) is 43.0. The summed E-state index contributed by atoms with van der Waals surface area (Å²) in [6.45, 7) is 0.484. The van der Waals surface area contributed by atoms with E-state index in [0.29, 0.717) is 6.54 Å². The number of likely N-dealkylation sites (tertiary alicyclic amines) is 1. The van der Waals surface area contributed by atoms with Crippen molar-refractivity contribution in [1.29, 1.82) is 0 Å². The van der Waals surface area contributed by atoms with Crippen LogP contribution in [-0.2, 0) is 25.7 Å². The van der Waals surface area contributed by atoms with E-state index in [1.165, 1.54) is 4.90 Å². The molecule has 3 fully saturated rings. The second kappa shape index (κ2) is 7.11. The minimum atomic E-state index is -0.341. The number of aromatic nitrogens is 2. The first kappa shape index (κ1) is 18.1. The fourth-order valence-electron chi connectivity index (χ4n) is 4.80. The zero-order valence-corrected chi connectivity index (χ0v) is 15.9. The smallest absolute Gasteiger partial charge is 0.235 e. The molecule has 5 rings (SSSR count). The van der Waals surface area contributed by atoms with Gasteiger partial charge in [0.15, 0.2) is 0 Å². The lowest BCUT2D eigenvalue weighted by atomic mass is 9.81. The molecule has 1 aromatic carbocycles. The molecule has 4 heterocycles. The highest BCUT2D eigenvalue weighted by molar-refractivity contribution is 6.06. The maximum absolute atomic E-state index is 12.6. The van der Waals surface area contributed by atoms with Gasteiger partial charge in [-0.1, -0.05) is 18.2 Å². The fraction of sp³-hybridized carbons (Fsp3) is 0.429. The Balaban J connectivity index is 1.18. The van der Waals surface area contributed by atoms with Gasteiger partial charge in [0, 0.05) is 31.9 Å². The van der Waals surface area contributed by atoms with E-state index < -0.39 is 0 Å². The maximum Gasteiger partial charge on any atom is 0.235 e. The number of hydrogen-bond acceptors (Lipinski definition) is 5. The molecule has 1 aromatic heterocycles. The summed E-state index contributed by atoms with van der Waals surface area (Å²) in [6, 6.07) is 7.75. The Bertz CT molecular complexity index is 929. The number of amides is 3. The molecule has 3 saturated heterocycles. The van der Waals surface area contributed by atoms with Gasteiger partial charge in [-0.25, -0.2) is 4.98 Å². The number of hydrogen-bond donors (Lipinski definition) is 1. The topological polar surface area (TPSA) is 93.5 Å². The average Bonchev–Trinajstić information content (AvgIpc) is 3.51. The largest absolute Gasteiger partial charge is 0.373 e. The van der Waals surface area contributed by atoms with E-state index in [0.717, 1.165) is 24.1 Å². The summed E-state index contributed by atoms with van der Waals surface area (Å²) in [5, 5.41) is 2.89. The Morgan fingerprint density at radius 3 is 2.55 bits per heavy atom. The zero-order valence-electron chi connectivity index (χ0n) is 15.9. The van der Waals surface area contributed by atoms with Crippen LogP contribution in [0.5, 0.6) is 0 Å². The molecule has 4 unspecified atom stereocenters. The number of carbonyl (C=O) groups is 3. The van der Waals surface area contributed by atoms with Crippen LogP contribution in [0, 0.1) is 11.8 Å². The van der Waals surface area contributed by atoms with Crippen molar-refractivity contribution in [2.45, 2.75) is 38.0 Å². The number of imidazole rings is 1. The number of imide groups is 1. The van der Waals surface area contributed by atoms with Crippen molar-refractivity contribution in [2.24, 2.45) is 11.8 Å². The number of nitrogens with one attached hydrogen (secondary N) is 1. The first-order chi connectivity index (χ1) is 14.1. The third kappa shape index (κ3) is 3.04. The van der Waals surface area contributed by atoms with Gasteiger partial charge in [-0.15, -0.1) is 0 Å². The number of para-hydroxylation sites is 1. The van der Waals surface area contributed by atoms with E-state index in [4.69, 9.17) is 4.74 Å². The minimum Gasteiger partial charge on any atom is -0.373 e. The highest BCUT2D eigenvalue weighted by Gasteiger charge is 2.62. The number of rotatable bonds is 6. The van der Waals surface area contributed by atoms with Crippen molar-refractivity contribution in [3.63, 3.8) is 0 Å². The molecule has 0 radical (unpaired) electrons. The van der Waals surface area contributed by atoms with Crippen LogP contribution in [0.1, 0.15) is 24.8 Å². The molecule has 0 saturated carbocycles. The van der Waals surface area contributed by atoms with Gasteiger partial charge in [-0.3, -0.25) is 19.3 Å². The number of fused-ring (bicyclic) bond motifs is 5. The Labute approximate surface area is 167 Å². The van der Waals surface area contributed by atoms with Gasteiger partial charge in [0.05, 0.1) is 36.1 Å². The van der Waals surface area contributed by atoms with Crippen LogP contribution in [0.4, 0.5) is 0 Å². The Hall–Kier alpha value is -3.00. The second-order valence-electron chi connectivity index (χ2n) is 7.80. The molecule has 4 atom stereocenters. The molecule has 8 heteroatoms. The van der Waals surface area contributed by atoms with E-state index in [-0.39, 0.29) is 54.7 Å². The van der Waals surface area contributed by atoms with E-state index >= 15 is 0 Å². The fourth-order valence-corrected chi connectivity index (χ4v) is 4.80. The van der Waals surface area contributed by atoms with Crippen LogP contribution in [-0.4, -0.2) is 50.9 Å². The maximum atomic E-state index is 12.6. The summed E-state index contributed by atoms with van der Waals surface area (Å²) in [5.74, 6) is -1.23. The Kier molecular flexibility index (Phi) is 4.43. The molecule has 0 spiro atoms. The van der Waals surface area contributed by atoms with Crippen LogP contribution in [0.3, 0.4) is 0 Å². The monoisotopic (exact) mass is 394 g/mol. The van der Waals surface area contributed by atoms with Crippen molar-refractivity contribution >= 4 is 17.7 Å². The van der Waals surface area contributed by atoms with E-state index in [9.17, 15) is 14.4 Å². The SMILES string of the molecule is O=C(CCN1C(=O)C2C3CCC(O3)C2C1=O)NCc1ccccc1-n1ccnc1. The van der Waals surface area contributed by atoms with Gasteiger partial charge in [0.1, 0.15) is 0 Å². The van der Waals surface area contributed by atoms with Crippen LogP contribution < -0.4 is 5.32 Å². The number of ether oxygens (including phenoxy) is 1. The first-order valence-electron chi connectivity index (χ1n) is 9.97. The molecule has 1 N–H and O–H groups in total. The summed E-state index contributed by atoms with van der Waals surface area (Å²) in [7, 11) is 0. The molecule has 2 bridgehead atoms. The number of benzene rings is 1. The van der Waals surface area contributed by atoms with E-state index in [1.54, 1.807) is 12.5 Å². The van der Waals surface area contributed by atoms with Gasteiger partial charge in [0.2, 0.25) is 17.7 Å². The summed E-state index contributed by atoms with van der Waals surface area (Å²) in [6.07, 6.45) is 6.79. The van der Waals surface area contributed by atoms with Crippen molar-refractivity contribution in [3.8, 4) is 5.69 Å². The summed E-state index contributed by atoms with van der Waals surface area (Å²) in [5.41, 5.74) is 1.90. The molecular formula is C21H22N4O4. The average molecular weight is 394 g/mol. The number of nitrogens with zero attached hydrogens (tertiary/aromatic N) is 3. The van der Waals surface area contributed by atoms with Crippen molar-refractivity contribution in [3.05, 3.63) is 48.5 Å². The molecule has 3 aliphatic rings. The highest BCUT2D eigenvalue weighted by Crippen LogP contribution is 2.48. The van der Waals surface area contributed by atoms with Crippen molar-refractivity contribution < 1.29 is 19.1 Å². The van der Waals surface area contributed by atoms with Crippen molar-refractivity contribution in [2.75, 3.05) is 6.54 Å². The zero-order chi connectivity index (χ0) is 20.0. The lowest BCUT2D eigenvalue weighted by Gasteiger charge is -2.17. The van der Waals surface area contributed by atoms with Crippen LogP contribution in [0.25, 0.3) is 5.69 Å². The number of carbonyl (C=O) groups excluding carboxylic acids is 3. The molecule has 0 aliphatic carbocycles. The van der Waals surface area contributed by atoms with Gasteiger partial charge < -0.3 is 14.6 Å².